The fraction of sp³-hybridized carbons (Fsp3) is 0.444. The van der Waals surface area contributed by atoms with Crippen molar-refractivity contribution in [3.8, 4) is 6.07 Å². The normalized spacial score (nSPS) is 19.7. The Morgan fingerprint density at radius 1 is 1.59 bits per heavy atom. The minimum absolute atomic E-state index is 0.0115. The summed E-state index contributed by atoms with van der Waals surface area (Å²) in [5.41, 5.74) is 1.59. The summed E-state index contributed by atoms with van der Waals surface area (Å²) in [6.45, 7) is 5.84. The molecule has 3 heterocycles. The second-order valence-electron chi connectivity index (χ2n) is 6.66. The monoisotopic (exact) mass is 422 g/mol. The summed E-state index contributed by atoms with van der Waals surface area (Å²) in [6.07, 6.45) is 4.03. The standard InChI is InChI=1S/C18H19ClN4O2S2/c1-11(24)23-14(9-25-18(23,2)3)5-15(16-8-21-10-26-16)27-17-12(6-20)4-13(19)7-22-17/h4,7-8,10,14-15H,5,9H2,1-3H3/t14?,15-/m1/s1. The second kappa shape index (κ2) is 8.15. The van der Waals surface area contributed by atoms with Gasteiger partial charge in [0.15, 0.2) is 0 Å². The van der Waals surface area contributed by atoms with Crippen molar-refractivity contribution in [2.45, 2.75) is 49.2 Å². The van der Waals surface area contributed by atoms with Gasteiger partial charge in [-0.15, -0.1) is 11.3 Å². The van der Waals surface area contributed by atoms with Crippen molar-refractivity contribution in [2.75, 3.05) is 6.61 Å². The van der Waals surface area contributed by atoms with E-state index in [1.54, 1.807) is 34.7 Å². The van der Waals surface area contributed by atoms with E-state index in [1.807, 2.05) is 20.0 Å². The Hall–Kier alpha value is -1.66. The maximum Gasteiger partial charge on any atom is 0.222 e. The van der Waals surface area contributed by atoms with Crippen LogP contribution < -0.4 is 0 Å². The molecule has 0 bridgehead atoms. The number of hydrogen-bond donors (Lipinski definition) is 0. The number of amides is 1. The highest BCUT2D eigenvalue weighted by Gasteiger charge is 2.43. The Kier molecular flexibility index (Phi) is 6.06. The van der Waals surface area contributed by atoms with E-state index in [9.17, 15) is 10.1 Å². The van der Waals surface area contributed by atoms with Gasteiger partial charge in [-0.3, -0.25) is 9.78 Å². The van der Waals surface area contributed by atoms with E-state index in [2.05, 4.69) is 16.0 Å². The number of halogens is 1. The molecule has 142 valence electrons. The third-order valence-electron chi connectivity index (χ3n) is 4.36. The first-order valence-electron chi connectivity index (χ1n) is 8.36. The molecule has 1 aliphatic heterocycles. The van der Waals surface area contributed by atoms with E-state index < -0.39 is 5.72 Å². The number of carbonyl (C=O) groups excluding carboxylic acids is 1. The highest BCUT2D eigenvalue weighted by Crippen LogP contribution is 2.43. The van der Waals surface area contributed by atoms with Crippen molar-refractivity contribution in [1.82, 2.24) is 14.9 Å². The Bertz CT molecular complexity index is 867. The number of nitrogens with zero attached hydrogens (tertiary/aromatic N) is 4. The molecule has 0 N–H and O–H groups in total. The van der Waals surface area contributed by atoms with Gasteiger partial charge in [0.05, 0.1) is 28.7 Å². The van der Waals surface area contributed by atoms with E-state index in [0.717, 1.165) is 4.88 Å². The average Bonchev–Trinajstić information content (AvgIpc) is 3.23. The first kappa shape index (κ1) is 20.1. The fourth-order valence-electron chi connectivity index (χ4n) is 3.28. The van der Waals surface area contributed by atoms with E-state index in [4.69, 9.17) is 16.3 Å². The van der Waals surface area contributed by atoms with Gasteiger partial charge in [-0.1, -0.05) is 23.4 Å². The molecule has 0 spiro atoms. The van der Waals surface area contributed by atoms with Crippen LogP contribution in [0.25, 0.3) is 0 Å². The van der Waals surface area contributed by atoms with Crippen molar-refractivity contribution < 1.29 is 9.53 Å². The number of nitriles is 1. The molecule has 1 unspecified atom stereocenters. The van der Waals surface area contributed by atoms with Crippen molar-refractivity contribution >= 4 is 40.6 Å². The SMILES string of the molecule is CC(=O)N1C(C[C@@H](Sc2ncc(Cl)cc2C#N)c2cncs2)COC1(C)C. The molecule has 1 fully saturated rings. The minimum Gasteiger partial charge on any atom is -0.354 e. The summed E-state index contributed by atoms with van der Waals surface area (Å²) < 4.78 is 5.85. The summed E-state index contributed by atoms with van der Waals surface area (Å²) >= 11 is 9.00. The van der Waals surface area contributed by atoms with Crippen LogP contribution in [0.2, 0.25) is 5.02 Å². The number of thioether (sulfide) groups is 1. The third kappa shape index (κ3) is 4.43. The van der Waals surface area contributed by atoms with Gasteiger partial charge in [-0.05, 0) is 26.3 Å². The molecule has 27 heavy (non-hydrogen) atoms. The van der Waals surface area contributed by atoms with E-state index in [-0.39, 0.29) is 17.2 Å². The average molecular weight is 423 g/mol. The smallest absolute Gasteiger partial charge is 0.222 e. The summed E-state index contributed by atoms with van der Waals surface area (Å²) in [5.74, 6) is -0.0158. The molecule has 0 radical (unpaired) electrons. The van der Waals surface area contributed by atoms with Gasteiger partial charge in [-0.25, -0.2) is 4.98 Å². The third-order valence-corrected chi connectivity index (χ3v) is 6.89. The number of hydrogen-bond acceptors (Lipinski definition) is 7. The van der Waals surface area contributed by atoms with Gasteiger partial charge in [-0.2, -0.15) is 5.26 Å². The maximum absolute atomic E-state index is 12.2. The number of rotatable bonds is 5. The van der Waals surface area contributed by atoms with Gasteiger partial charge in [0.2, 0.25) is 5.91 Å². The molecule has 0 saturated carbocycles. The zero-order valence-corrected chi connectivity index (χ0v) is 17.6. The molecule has 3 rings (SSSR count). The predicted octanol–water partition coefficient (Wildman–Crippen LogP) is 4.27. The molecule has 1 amide bonds. The van der Waals surface area contributed by atoms with E-state index in [1.165, 1.54) is 18.0 Å². The fourth-order valence-corrected chi connectivity index (χ4v) is 5.48. The highest BCUT2D eigenvalue weighted by atomic mass is 35.5. The van der Waals surface area contributed by atoms with Crippen LogP contribution in [-0.4, -0.2) is 39.1 Å². The van der Waals surface area contributed by atoms with Gasteiger partial charge in [0.25, 0.3) is 0 Å². The summed E-state index contributed by atoms with van der Waals surface area (Å²) in [4.78, 5) is 23.6. The van der Waals surface area contributed by atoms with Crippen molar-refractivity contribution in [3.05, 3.63) is 39.4 Å². The summed E-state index contributed by atoms with van der Waals surface area (Å²) in [5, 5.41) is 10.4. The lowest BCUT2D eigenvalue weighted by molar-refractivity contribution is -0.143. The first-order valence-corrected chi connectivity index (χ1v) is 10.5. The second-order valence-corrected chi connectivity index (χ2v) is 9.21. The molecule has 6 nitrogen and oxygen atoms in total. The van der Waals surface area contributed by atoms with Crippen LogP contribution in [0.15, 0.2) is 29.0 Å². The molecule has 0 aliphatic carbocycles. The molecule has 1 saturated heterocycles. The quantitative estimate of drug-likeness (QED) is 0.669. The van der Waals surface area contributed by atoms with Crippen molar-refractivity contribution in [1.29, 1.82) is 5.26 Å². The predicted molar refractivity (Wildman–Crippen MR) is 106 cm³/mol. The Morgan fingerprint density at radius 3 is 3.00 bits per heavy atom. The van der Waals surface area contributed by atoms with Crippen LogP contribution in [0.5, 0.6) is 0 Å². The van der Waals surface area contributed by atoms with Crippen LogP contribution >= 0.6 is 34.7 Å². The largest absolute Gasteiger partial charge is 0.354 e. The van der Waals surface area contributed by atoms with Crippen LogP contribution in [0, 0.1) is 11.3 Å². The molecule has 2 atom stereocenters. The lowest BCUT2D eigenvalue weighted by atomic mass is 10.1. The number of ether oxygens (including phenoxy) is 1. The number of carbonyl (C=O) groups is 1. The summed E-state index contributed by atoms with van der Waals surface area (Å²) in [7, 11) is 0. The Labute approximate surface area is 171 Å². The maximum atomic E-state index is 12.2. The van der Waals surface area contributed by atoms with E-state index >= 15 is 0 Å². The van der Waals surface area contributed by atoms with Gasteiger partial charge in [0.1, 0.15) is 16.8 Å². The zero-order chi connectivity index (χ0) is 19.6. The van der Waals surface area contributed by atoms with Crippen molar-refractivity contribution in [3.63, 3.8) is 0 Å². The zero-order valence-electron chi connectivity index (χ0n) is 15.2. The lowest BCUT2D eigenvalue weighted by Gasteiger charge is -2.33. The topological polar surface area (TPSA) is 79.1 Å². The minimum atomic E-state index is -0.629. The summed E-state index contributed by atoms with van der Waals surface area (Å²) in [6, 6.07) is 3.71. The lowest BCUT2D eigenvalue weighted by Crippen LogP contribution is -2.47. The molecule has 1 aliphatic rings. The van der Waals surface area contributed by atoms with Crippen LogP contribution in [0.1, 0.15) is 42.9 Å². The molecule has 9 heteroatoms. The van der Waals surface area contributed by atoms with Gasteiger partial charge < -0.3 is 9.64 Å². The van der Waals surface area contributed by atoms with E-state index in [0.29, 0.717) is 28.6 Å². The number of aromatic nitrogens is 2. The number of pyridine rings is 1. The van der Waals surface area contributed by atoms with Gasteiger partial charge in [0, 0.05) is 29.4 Å². The van der Waals surface area contributed by atoms with Gasteiger partial charge >= 0.3 is 0 Å². The first-order chi connectivity index (χ1) is 12.8. The molecule has 2 aromatic heterocycles. The Balaban J connectivity index is 1.88. The van der Waals surface area contributed by atoms with Crippen LogP contribution in [0.4, 0.5) is 0 Å². The molecular formula is C18H19ClN4O2S2. The highest BCUT2D eigenvalue weighted by molar-refractivity contribution is 7.99. The molecule has 2 aromatic rings. The Morgan fingerprint density at radius 2 is 2.37 bits per heavy atom. The number of thiazole rings is 1. The van der Waals surface area contributed by atoms with Crippen molar-refractivity contribution in [2.24, 2.45) is 0 Å². The van der Waals surface area contributed by atoms with Crippen LogP contribution in [0.3, 0.4) is 0 Å². The molecule has 0 aromatic carbocycles. The molecular weight excluding hydrogens is 404 g/mol. The van der Waals surface area contributed by atoms with Crippen LogP contribution in [-0.2, 0) is 9.53 Å².